The standard InChI is InChI=1S/C32H43N3O6/c33-32(39)35(28-11-5-4-6-12-28)29-13-9-10-25(20-29)24-41-19-18-40-17-8-3-1-2-7-16-34-22-31(38)26-14-15-30(37)27(21-26)23-36/h4-6,9-15,20-21,31,34,36-38H,1-3,7-8,16-19,22-24H2,(H2,33,39)/t31-/m0/s1. The number of nitrogens with two attached hydrogens (primary N) is 1. The van der Waals surface area contributed by atoms with Gasteiger partial charge in [-0.05, 0) is 66.9 Å². The van der Waals surface area contributed by atoms with Gasteiger partial charge >= 0.3 is 6.03 Å². The second-order valence-electron chi connectivity index (χ2n) is 9.88. The van der Waals surface area contributed by atoms with Crippen LogP contribution in [0.2, 0.25) is 0 Å². The lowest BCUT2D eigenvalue weighted by Crippen LogP contribution is -2.31. The molecule has 3 aromatic rings. The Kier molecular flexibility index (Phi) is 14.1. The molecule has 6 N–H and O–H groups in total. The van der Waals surface area contributed by atoms with Gasteiger partial charge in [-0.3, -0.25) is 4.90 Å². The van der Waals surface area contributed by atoms with Gasteiger partial charge < -0.3 is 35.8 Å². The topological polar surface area (TPSA) is 138 Å². The second kappa shape index (κ2) is 18.1. The quantitative estimate of drug-likeness (QED) is 0.130. The van der Waals surface area contributed by atoms with E-state index in [1.165, 1.54) is 11.0 Å². The fraction of sp³-hybridized carbons (Fsp3) is 0.406. The predicted molar refractivity (Wildman–Crippen MR) is 160 cm³/mol. The number of nitrogens with one attached hydrogen (secondary N) is 1. The van der Waals surface area contributed by atoms with E-state index in [0.717, 1.165) is 44.2 Å². The minimum atomic E-state index is -0.681. The largest absolute Gasteiger partial charge is 0.508 e. The van der Waals surface area contributed by atoms with Crippen LogP contribution in [0.5, 0.6) is 5.75 Å². The highest BCUT2D eigenvalue weighted by molar-refractivity contribution is 5.98. The molecule has 0 aliphatic heterocycles. The summed E-state index contributed by atoms with van der Waals surface area (Å²) in [5, 5.41) is 32.4. The normalized spacial score (nSPS) is 11.9. The number of primary amides is 1. The van der Waals surface area contributed by atoms with Crippen LogP contribution in [0.15, 0.2) is 72.8 Å². The lowest BCUT2D eigenvalue weighted by atomic mass is 10.1. The molecule has 9 heteroatoms. The number of hydrogen-bond donors (Lipinski definition) is 5. The number of phenols is 1. The Bertz CT molecular complexity index is 1180. The molecule has 222 valence electrons. The first-order valence-electron chi connectivity index (χ1n) is 14.2. The predicted octanol–water partition coefficient (Wildman–Crippen LogP) is 4.91. The van der Waals surface area contributed by atoms with Gasteiger partial charge in [-0.2, -0.15) is 0 Å². The highest BCUT2D eigenvalue weighted by Gasteiger charge is 2.15. The molecule has 1 atom stereocenters. The summed E-state index contributed by atoms with van der Waals surface area (Å²) in [5.41, 5.74) is 9.08. The van der Waals surface area contributed by atoms with Crippen LogP contribution in [0.1, 0.15) is 54.9 Å². The number of amides is 2. The number of aliphatic hydroxyl groups excluding tert-OH is 2. The van der Waals surface area contributed by atoms with Gasteiger partial charge in [-0.25, -0.2) is 4.79 Å². The van der Waals surface area contributed by atoms with E-state index in [2.05, 4.69) is 5.32 Å². The molecule has 0 heterocycles. The molecular weight excluding hydrogens is 522 g/mol. The molecule has 3 rings (SSSR count). The van der Waals surface area contributed by atoms with Crippen molar-refractivity contribution in [2.24, 2.45) is 5.73 Å². The van der Waals surface area contributed by atoms with Gasteiger partial charge in [0.05, 0.1) is 43.9 Å². The zero-order chi connectivity index (χ0) is 29.3. The lowest BCUT2D eigenvalue weighted by molar-refractivity contribution is 0.0393. The molecule has 0 bridgehead atoms. The van der Waals surface area contributed by atoms with E-state index in [1.54, 1.807) is 12.1 Å². The van der Waals surface area contributed by atoms with Gasteiger partial charge in [0, 0.05) is 18.7 Å². The number of rotatable bonds is 19. The monoisotopic (exact) mass is 565 g/mol. The second-order valence-corrected chi connectivity index (χ2v) is 9.88. The van der Waals surface area contributed by atoms with Crippen LogP contribution in [-0.2, 0) is 22.7 Å². The number of ether oxygens (including phenoxy) is 2. The van der Waals surface area contributed by atoms with Crippen LogP contribution < -0.4 is 16.0 Å². The number of aliphatic hydroxyl groups is 2. The maximum atomic E-state index is 12.1. The Morgan fingerprint density at radius 3 is 2.37 bits per heavy atom. The van der Waals surface area contributed by atoms with E-state index in [1.807, 2.05) is 54.6 Å². The maximum absolute atomic E-state index is 12.1. The third-order valence-corrected chi connectivity index (χ3v) is 6.68. The van der Waals surface area contributed by atoms with Gasteiger partial charge in [-0.1, -0.05) is 55.7 Å². The fourth-order valence-electron chi connectivity index (χ4n) is 4.46. The molecule has 41 heavy (non-hydrogen) atoms. The van der Waals surface area contributed by atoms with Crippen LogP contribution in [0.25, 0.3) is 0 Å². The van der Waals surface area contributed by atoms with E-state index in [9.17, 15) is 20.1 Å². The summed E-state index contributed by atoms with van der Waals surface area (Å²) in [6.07, 6.45) is 4.69. The Morgan fingerprint density at radius 1 is 0.854 bits per heavy atom. The molecule has 0 radical (unpaired) electrons. The minimum Gasteiger partial charge on any atom is -0.508 e. The molecule has 0 saturated carbocycles. The number of aromatic hydroxyl groups is 1. The minimum absolute atomic E-state index is 0.0345. The van der Waals surface area contributed by atoms with Gasteiger partial charge in [0.25, 0.3) is 0 Å². The van der Waals surface area contributed by atoms with Crippen molar-refractivity contribution in [3.05, 3.63) is 89.5 Å². The summed E-state index contributed by atoms with van der Waals surface area (Å²) in [6.45, 7) is 3.14. The number of carbonyl (C=O) groups excluding carboxylic acids is 1. The molecule has 0 aromatic heterocycles. The van der Waals surface area contributed by atoms with Crippen molar-refractivity contribution in [3.63, 3.8) is 0 Å². The number of urea groups is 1. The van der Waals surface area contributed by atoms with Crippen molar-refractivity contribution in [2.45, 2.75) is 51.4 Å². The van der Waals surface area contributed by atoms with Crippen molar-refractivity contribution in [3.8, 4) is 5.75 Å². The molecule has 0 aliphatic carbocycles. The maximum Gasteiger partial charge on any atom is 0.323 e. The van der Waals surface area contributed by atoms with Crippen molar-refractivity contribution in [2.75, 3.05) is 37.8 Å². The summed E-state index contributed by atoms with van der Waals surface area (Å²) in [4.78, 5) is 13.5. The Balaban J connectivity index is 1.18. The Morgan fingerprint density at radius 2 is 1.59 bits per heavy atom. The number of carbonyl (C=O) groups is 1. The van der Waals surface area contributed by atoms with Crippen LogP contribution in [-0.4, -0.2) is 54.3 Å². The van der Waals surface area contributed by atoms with E-state index in [0.29, 0.717) is 55.5 Å². The molecule has 0 unspecified atom stereocenters. The number of nitrogens with zero attached hydrogens (tertiary/aromatic N) is 1. The van der Waals surface area contributed by atoms with Crippen LogP contribution in [0.3, 0.4) is 0 Å². The van der Waals surface area contributed by atoms with Gasteiger partial charge in [0.2, 0.25) is 0 Å². The third-order valence-electron chi connectivity index (χ3n) is 6.68. The molecule has 9 nitrogen and oxygen atoms in total. The number of hydrogen-bond acceptors (Lipinski definition) is 7. The first kappa shape index (κ1) is 32.0. The Hall–Kier alpha value is -3.47. The first-order valence-corrected chi connectivity index (χ1v) is 14.2. The molecule has 0 aliphatic rings. The molecular formula is C32H43N3O6. The summed E-state index contributed by atoms with van der Waals surface area (Å²) in [7, 11) is 0. The number of para-hydroxylation sites is 1. The van der Waals surface area contributed by atoms with Crippen LogP contribution in [0, 0.1) is 0 Å². The molecule has 3 aromatic carbocycles. The number of benzene rings is 3. The van der Waals surface area contributed by atoms with Crippen LogP contribution in [0.4, 0.5) is 16.2 Å². The van der Waals surface area contributed by atoms with Crippen molar-refractivity contribution in [1.82, 2.24) is 5.32 Å². The fourth-order valence-corrected chi connectivity index (χ4v) is 4.46. The summed E-state index contributed by atoms with van der Waals surface area (Å²) in [5.74, 6) is 0.0345. The number of unbranched alkanes of at least 4 members (excludes halogenated alkanes) is 4. The van der Waals surface area contributed by atoms with E-state index >= 15 is 0 Å². The van der Waals surface area contributed by atoms with Gasteiger partial charge in [0.15, 0.2) is 0 Å². The highest BCUT2D eigenvalue weighted by Crippen LogP contribution is 2.26. The zero-order valence-electron chi connectivity index (χ0n) is 23.6. The van der Waals surface area contributed by atoms with E-state index in [4.69, 9.17) is 15.2 Å². The van der Waals surface area contributed by atoms with Crippen molar-refractivity contribution >= 4 is 17.4 Å². The average molecular weight is 566 g/mol. The van der Waals surface area contributed by atoms with Crippen molar-refractivity contribution in [1.29, 1.82) is 0 Å². The average Bonchev–Trinajstić information content (AvgIpc) is 2.98. The third kappa shape index (κ3) is 11.1. The van der Waals surface area contributed by atoms with Crippen LogP contribution >= 0.6 is 0 Å². The van der Waals surface area contributed by atoms with Gasteiger partial charge in [-0.15, -0.1) is 0 Å². The van der Waals surface area contributed by atoms with Crippen molar-refractivity contribution < 1.29 is 29.6 Å². The Labute approximate surface area is 242 Å². The van der Waals surface area contributed by atoms with E-state index in [-0.39, 0.29) is 12.4 Å². The lowest BCUT2D eigenvalue weighted by Gasteiger charge is -2.21. The first-order chi connectivity index (χ1) is 20.0. The number of anilines is 2. The SMILES string of the molecule is NC(=O)N(c1ccccc1)c1cccc(COCCOCCCCCCCNC[C@H](O)c2ccc(O)c(CO)c2)c1. The summed E-state index contributed by atoms with van der Waals surface area (Å²) < 4.78 is 11.5. The summed E-state index contributed by atoms with van der Waals surface area (Å²) in [6, 6.07) is 21.1. The van der Waals surface area contributed by atoms with Gasteiger partial charge in [0.1, 0.15) is 5.75 Å². The zero-order valence-corrected chi connectivity index (χ0v) is 23.6. The molecule has 0 spiro atoms. The highest BCUT2D eigenvalue weighted by atomic mass is 16.5. The molecule has 0 fully saturated rings. The van der Waals surface area contributed by atoms with E-state index < -0.39 is 12.1 Å². The summed E-state index contributed by atoms with van der Waals surface area (Å²) >= 11 is 0. The molecule has 2 amide bonds. The smallest absolute Gasteiger partial charge is 0.323 e. The molecule has 0 saturated heterocycles.